The maximum atomic E-state index is 12.8. The van der Waals surface area contributed by atoms with Crippen molar-refractivity contribution in [2.24, 2.45) is 5.73 Å². The van der Waals surface area contributed by atoms with Gasteiger partial charge in [-0.1, -0.05) is 41.1 Å². The summed E-state index contributed by atoms with van der Waals surface area (Å²) in [6.45, 7) is 0.354. The second kappa shape index (κ2) is 8.46. The molecule has 0 bridgehead atoms. The number of aromatic nitrogens is 3. The number of nitrogens with one attached hydrogen (secondary N) is 1. The van der Waals surface area contributed by atoms with Crippen LogP contribution < -0.4 is 11.1 Å². The van der Waals surface area contributed by atoms with Gasteiger partial charge >= 0.3 is 6.18 Å². The molecule has 0 unspecified atom stereocenters. The standard InChI is InChI=1S/C19H15ClF3N5S2/c20-14-8-25-9-16-13(14)6-15(29-16)17-27-28-18(30-17)26-7-12(24)5-10-2-1-3-11(4-10)19(21,22)23/h1-4,6,8-9,12H,5,7,24H2,(H,26,28)/t12-/m1/s1. The number of alkyl halides is 3. The molecule has 0 aliphatic heterocycles. The molecule has 0 amide bonds. The van der Waals surface area contributed by atoms with Gasteiger partial charge < -0.3 is 11.1 Å². The fraction of sp³-hybridized carbons (Fsp3) is 0.211. The van der Waals surface area contributed by atoms with Crippen molar-refractivity contribution in [2.75, 3.05) is 11.9 Å². The van der Waals surface area contributed by atoms with Gasteiger partial charge in [0.15, 0.2) is 5.01 Å². The van der Waals surface area contributed by atoms with Gasteiger partial charge in [0.2, 0.25) is 5.13 Å². The largest absolute Gasteiger partial charge is 0.416 e. The third-order valence-electron chi connectivity index (χ3n) is 4.30. The highest BCUT2D eigenvalue weighted by molar-refractivity contribution is 7.26. The maximum Gasteiger partial charge on any atom is 0.416 e. The lowest BCUT2D eigenvalue weighted by Gasteiger charge is -2.13. The van der Waals surface area contributed by atoms with Crippen LogP contribution in [0.25, 0.3) is 20.0 Å². The zero-order valence-corrected chi connectivity index (χ0v) is 17.7. The molecule has 3 heterocycles. The van der Waals surface area contributed by atoms with Crippen molar-refractivity contribution in [3.05, 3.63) is 58.9 Å². The Kier molecular flexibility index (Phi) is 5.92. The van der Waals surface area contributed by atoms with Crippen LogP contribution in [0.3, 0.4) is 0 Å². The summed E-state index contributed by atoms with van der Waals surface area (Å²) in [6.07, 6.45) is -0.708. The van der Waals surface area contributed by atoms with E-state index >= 15 is 0 Å². The Morgan fingerprint density at radius 2 is 1.97 bits per heavy atom. The quantitative estimate of drug-likeness (QED) is 0.391. The second-order valence-electron chi connectivity index (χ2n) is 6.60. The van der Waals surface area contributed by atoms with Gasteiger partial charge in [-0.3, -0.25) is 4.98 Å². The van der Waals surface area contributed by atoms with Crippen molar-refractivity contribution in [3.8, 4) is 9.88 Å². The van der Waals surface area contributed by atoms with Crippen molar-refractivity contribution >= 4 is 49.5 Å². The van der Waals surface area contributed by atoms with E-state index in [1.165, 1.54) is 28.7 Å². The number of hydrogen-bond donors (Lipinski definition) is 2. The number of nitrogens with zero attached hydrogens (tertiary/aromatic N) is 3. The van der Waals surface area contributed by atoms with E-state index in [1.54, 1.807) is 18.5 Å². The Morgan fingerprint density at radius 1 is 1.13 bits per heavy atom. The molecule has 11 heteroatoms. The van der Waals surface area contributed by atoms with Gasteiger partial charge in [0.25, 0.3) is 0 Å². The van der Waals surface area contributed by atoms with Crippen LogP contribution in [0.2, 0.25) is 5.02 Å². The van der Waals surface area contributed by atoms with Crippen LogP contribution in [0.5, 0.6) is 0 Å². The molecule has 0 saturated heterocycles. The zero-order valence-electron chi connectivity index (χ0n) is 15.3. The first-order valence-corrected chi connectivity index (χ1v) is 10.8. The number of rotatable bonds is 6. The molecule has 3 N–H and O–H groups in total. The fourth-order valence-electron chi connectivity index (χ4n) is 2.90. The van der Waals surface area contributed by atoms with Gasteiger partial charge in [-0.15, -0.1) is 21.5 Å². The Labute approximate surface area is 182 Å². The van der Waals surface area contributed by atoms with Gasteiger partial charge in [0.05, 0.1) is 20.2 Å². The molecule has 4 aromatic rings. The Hall–Kier alpha value is -2.27. The molecule has 4 rings (SSSR count). The van der Waals surface area contributed by atoms with E-state index in [-0.39, 0.29) is 6.04 Å². The third kappa shape index (κ3) is 4.72. The number of anilines is 1. The molecule has 0 radical (unpaired) electrons. The van der Waals surface area contributed by atoms with E-state index in [0.717, 1.165) is 32.1 Å². The summed E-state index contributed by atoms with van der Waals surface area (Å²) in [4.78, 5) is 5.01. The number of pyridine rings is 1. The van der Waals surface area contributed by atoms with Crippen LogP contribution in [-0.4, -0.2) is 27.8 Å². The predicted octanol–water partition coefficient (Wildman–Crippen LogP) is 5.47. The first kappa shape index (κ1) is 21.0. The summed E-state index contributed by atoms with van der Waals surface area (Å²) in [5.74, 6) is 0. The SMILES string of the molecule is N[C@@H](CNc1nnc(-c2cc3c(Cl)cncc3s2)s1)Cc1cccc(C(F)(F)F)c1. The van der Waals surface area contributed by atoms with Gasteiger partial charge in [-0.2, -0.15) is 13.2 Å². The zero-order chi connectivity index (χ0) is 21.3. The van der Waals surface area contributed by atoms with Crippen LogP contribution in [0.4, 0.5) is 18.3 Å². The average Bonchev–Trinajstić information content (AvgIpc) is 3.33. The van der Waals surface area contributed by atoms with Crippen molar-refractivity contribution in [2.45, 2.75) is 18.6 Å². The van der Waals surface area contributed by atoms with Gasteiger partial charge in [-0.05, 0) is 24.1 Å². The lowest BCUT2D eigenvalue weighted by molar-refractivity contribution is -0.137. The minimum absolute atomic E-state index is 0.310. The molecule has 1 atom stereocenters. The molecular formula is C19H15ClF3N5S2. The highest BCUT2D eigenvalue weighted by Gasteiger charge is 2.30. The van der Waals surface area contributed by atoms with Crippen molar-refractivity contribution < 1.29 is 13.2 Å². The molecule has 0 saturated carbocycles. The number of fused-ring (bicyclic) bond motifs is 1. The molecule has 0 aliphatic carbocycles. The average molecular weight is 470 g/mol. The first-order chi connectivity index (χ1) is 14.3. The lowest BCUT2D eigenvalue weighted by atomic mass is 10.0. The first-order valence-electron chi connectivity index (χ1n) is 8.82. The Balaban J connectivity index is 1.39. The molecular weight excluding hydrogens is 455 g/mol. The molecule has 5 nitrogen and oxygen atoms in total. The molecule has 0 aliphatic rings. The minimum Gasteiger partial charge on any atom is -0.359 e. The van der Waals surface area contributed by atoms with Crippen LogP contribution in [0.1, 0.15) is 11.1 Å². The second-order valence-corrected chi connectivity index (χ2v) is 9.07. The summed E-state index contributed by atoms with van der Waals surface area (Å²) in [5, 5.41) is 14.3. The fourth-order valence-corrected chi connectivity index (χ4v) is 5.01. The van der Waals surface area contributed by atoms with Gasteiger partial charge in [-0.25, -0.2) is 0 Å². The molecule has 1 aromatic carbocycles. The summed E-state index contributed by atoms with van der Waals surface area (Å²) in [6, 6.07) is 6.78. The molecule has 0 fully saturated rings. The minimum atomic E-state index is -4.37. The molecule has 0 spiro atoms. The van der Waals surface area contributed by atoms with E-state index < -0.39 is 11.7 Å². The summed E-state index contributed by atoms with van der Waals surface area (Å²) < 4.78 is 39.5. The van der Waals surface area contributed by atoms with Gasteiger partial charge in [0, 0.05) is 30.4 Å². The Morgan fingerprint density at radius 3 is 2.73 bits per heavy atom. The Bertz CT molecular complexity index is 1170. The monoisotopic (exact) mass is 469 g/mol. The maximum absolute atomic E-state index is 12.8. The number of hydrogen-bond acceptors (Lipinski definition) is 7. The van der Waals surface area contributed by atoms with E-state index in [2.05, 4.69) is 20.5 Å². The normalized spacial score (nSPS) is 13.0. The topological polar surface area (TPSA) is 76.7 Å². The third-order valence-corrected chi connectivity index (χ3v) is 6.72. The van der Waals surface area contributed by atoms with Crippen LogP contribution in [-0.2, 0) is 12.6 Å². The number of benzene rings is 1. The summed E-state index contributed by atoms with van der Waals surface area (Å²) in [7, 11) is 0. The molecule has 156 valence electrons. The van der Waals surface area contributed by atoms with Crippen molar-refractivity contribution in [1.29, 1.82) is 0 Å². The van der Waals surface area contributed by atoms with Crippen LogP contribution in [0.15, 0.2) is 42.7 Å². The lowest BCUT2D eigenvalue weighted by Crippen LogP contribution is -2.31. The summed E-state index contributed by atoms with van der Waals surface area (Å²) >= 11 is 9.07. The van der Waals surface area contributed by atoms with Crippen molar-refractivity contribution in [1.82, 2.24) is 15.2 Å². The van der Waals surface area contributed by atoms with Crippen LogP contribution in [0, 0.1) is 0 Å². The summed E-state index contributed by atoms with van der Waals surface area (Å²) in [5.41, 5.74) is 5.95. The van der Waals surface area contributed by atoms with E-state index in [9.17, 15) is 13.2 Å². The highest BCUT2D eigenvalue weighted by Crippen LogP contribution is 2.38. The van der Waals surface area contributed by atoms with E-state index in [4.69, 9.17) is 17.3 Å². The predicted molar refractivity (Wildman–Crippen MR) is 115 cm³/mol. The highest BCUT2D eigenvalue weighted by atomic mass is 35.5. The molecule has 30 heavy (non-hydrogen) atoms. The number of thiophene rings is 1. The number of nitrogens with two attached hydrogens (primary N) is 1. The number of halogens is 4. The van der Waals surface area contributed by atoms with Crippen molar-refractivity contribution in [3.63, 3.8) is 0 Å². The van der Waals surface area contributed by atoms with Gasteiger partial charge in [0.1, 0.15) is 0 Å². The van der Waals surface area contributed by atoms with E-state index in [1.807, 2.05) is 6.07 Å². The smallest absolute Gasteiger partial charge is 0.359 e. The van der Waals surface area contributed by atoms with Crippen LogP contribution >= 0.6 is 34.3 Å². The van der Waals surface area contributed by atoms with E-state index in [0.29, 0.717) is 28.7 Å². The molecule has 3 aromatic heterocycles.